The van der Waals surface area contributed by atoms with Crippen LogP contribution in [0.1, 0.15) is 67.7 Å². The number of unbranched alkanes of at least 4 members (excludes halogenated alkanes) is 1. The second-order valence-corrected chi connectivity index (χ2v) is 10.7. The summed E-state index contributed by atoms with van der Waals surface area (Å²) in [5.41, 5.74) is 4.37. The third-order valence-electron chi connectivity index (χ3n) is 6.64. The van der Waals surface area contributed by atoms with Gasteiger partial charge in [-0.05, 0) is 42.0 Å². The van der Waals surface area contributed by atoms with E-state index in [1.807, 2.05) is 18.2 Å². The monoisotopic (exact) mass is 511 g/mol. The van der Waals surface area contributed by atoms with Gasteiger partial charge < -0.3 is 19.7 Å². The molecule has 36 heavy (non-hydrogen) atoms. The number of benzene rings is 2. The van der Waals surface area contributed by atoms with E-state index in [-0.39, 0.29) is 17.0 Å². The highest BCUT2D eigenvalue weighted by Gasteiger charge is 2.28. The third kappa shape index (κ3) is 6.48. The lowest BCUT2D eigenvalue weighted by Gasteiger charge is -2.32. The molecule has 0 bridgehead atoms. The number of halogens is 1. The van der Waals surface area contributed by atoms with Crippen LogP contribution in [0.2, 0.25) is 5.15 Å². The number of ether oxygens (including phenoxy) is 1. The zero-order valence-corrected chi connectivity index (χ0v) is 22.9. The average Bonchev–Trinajstić information content (AvgIpc) is 3.13. The summed E-state index contributed by atoms with van der Waals surface area (Å²) in [4.78, 5) is 16.3. The fraction of sp³-hybridized carbons (Fsp3) is 0.448. The Morgan fingerprint density at radius 3 is 2.56 bits per heavy atom. The number of methoxy groups -OCH3 is 1. The summed E-state index contributed by atoms with van der Waals surface area (Å²) in [6.45, 7) is 12.4. The third-order valence-corrected chi connectivity index (χ3v) is 6.94. The van der Waals surface area contributed by atoms with Gasteiger partial charge in [0.05, 0.1) is 12.8 Å². The van der Waals surface area contributed by atoms with E-state index in [9.17, 15) is 9.90 Å². The van der Waals surface area contributed by atoms with E-state index in [0.717, 1.165) is 48.5 Å². The molecule has 0 amide bonds. The summed E-state index contributed by atoms with van der Waals surface area (Å²) in [5, 5.41) is 13.6. The van der Waals surface area contributed by atoms with Gasteiger partial charge in [-0.25, -0.2) is 9.78 Å². The molecule has 0 aliphatic heterocycles. The van der Waals surface area contributed by atoms with Gasteiger partial charge in [0.15, 0.2) is 5.15 Å². The fourth-order valence-electron chi connectivity index (χ4n) is 4.38. The molecule has 7 heteroatoms. The lowest BCUT2D eigenvalue weighted by atomic mass is 9.84. The smallest absolute Gasteiger partial charge is 0.339 e. The summed E-state index contributed by atoms with van der Waals surface area (Å²) < 4.78 is 7.59. The molecule has 0 aliphatic rings. The van der Waals surface area contributed by atoms with Crippen LogP contribution in [0, 0.1) is 12.3 Å². The van der Waals surface area contributed by atoms with Crippen molar-refractivity contribution in [2.75, 3.05) is 7.11 Å². The number of imidazole rings is 1. The Labute approximate surface area is 219 Å². The lowest BCUT2D eigenvalue weighted by Crippen LogP contribution is -2.42. The van der Waals surface area contributed by atoms with Gasteiger partial charge in [-0.15, -0.1) is 0 Å². The van der Waals surface area contributed by atoms with Crippen LogP contribution >= 0.6 is 11.6 Å². The highest BCUT2D eigenvalue weighted by atomic mass is 35.5. The number of aromatic nitrogens is 2. The van der Waals surface area contributed by atoms with Crippen LogP contribution in [-0.4, -0.2) is 33.8 Å². The van der Waals surface area contributed by atoms with Gasteiger partial charge in [-0.1, -0.05) is 76.0 Å². The highest BCUT2D eigenvalue weighted by Crippen LogP contribution is 2.32. The molecule has 1 aromatic heterocycles. The first-order chi connectivity index (χ1) is 17.1. The van der Waals surface area contributed by atoms with Crippen molar-refractivity contribution in [3.8, 4) is 17.1 Å². The average molecular weight is 512 g/mol. The Bertz CT molecular complexity index is 1200. The topological polar surface area (TPSA) is 76.4 Å². The molecule has 0 saturated carbocycles. The normalized spacial score (nSPS) is 12.5. The molecular formula is C29H38ClN3O3. The first-order valence-corrected chi connectivity index (χ1v) is 12.9. The number of carboxylic acids is 1. The second-order valence-electron chi connectivity index (χ2n) is 10.3. The number of aromatic carboxylic acids is 1. The van der Waals surface area contributed by atoms with E-state index < -0.39 is 5.97 Å². The van der Waals surface area contributed by atoms with E-state index in [1.165, 1.54) is 12.7 Å². The Morgan fingerprint density at radius 1 is 1.22 bits per heavy atom. The number of nitrogens with zero attached hydrogens (tertiary/aromatic N) is 2. The van der Waals surface area contributed by atoms with E-state index in [0.29, 0.717) is 17.4 Å². The number of rotatable bonds is 11. The van der Waals surface area contributed by atoms with Crippen molar-refractivity contribution in [1.29, 1.82) is 0 Å². The molecule has 6 nitrogen and oxygen atoms in total. The number of hydrogen-bond donors (Lipinski definition) is 2. The Hall–Kier alpha value is -2.83. The van der Waals surface area contributed by atoms with Gasteiger partial charge in [-0.3, -0.25) is 0 Å². The molecule has 1 atom stereocenters. The molecule has 1 unspecified atom stereocenters. The van der Waals surface area contributed by atoms with E-state index in [4.69, 9.17) is 21.3 Å². The molecule has 0 fully saturated rings. The molecule has 2 N–H and O–H groups in total. The van der Waals surface area contributed by atoms with Gasteiger partial charge in [0, 0.05) is 31.1 Å². The predicted molar refractivity (Wildman–Crippen MR) is 146 cm³/mol. The van der Waals surface area contributed by atoms with Crippen molar-refractivity contribution < 1.29 is 14.6 Å². The van der Waals surface area contributed by atoms with E-state index in [2.05, 4.69) is 56.6 Å². The molecule has 1 heterocycles. The SMILES string of the molecule is CCCCn1c(-c2ccccc2C)nc(Cl)c1CC(NCc1ccc(C(=O)O)c(OC)c1)C(C)(C)C. The van der Waals surface area contributed by atoms with Crippen molar-refractivity contribution in [2.45, 2.75) is 73.0 Å². The minimum absolute atomic E-state index is 0.0584. The summed E-state index contributed by atoms with van der Waals surface area (Å²) >= 11 is 6.80. The first-order valence-electron chi connectivity index (χ1n) is 12.5. The quantitative estimate of drug-likeness (QED) is 0.297. The van der Waals surface area contributed by atoms with Gasteiger partial charge in [0.25, 0.3) is 0 Å². The second kappa shape index (κ2) is 11.9. The molecule has 0 aliphatic carbocycles. The van der Waals surface area contributed by atoms with Crippen molar-refractivity contribution in [1.82, 2.24) is 14.9 Å². The highest BCUT2D eigenvalue weighted by molar-refractivity contribution is 6.30. The number of carbonyl (C=O) groups is 1. The van der Waals surface area contributed by atoms with Crippen molar-refractivity contribution in [3.05, 3.63) is 70.0 Å². The Kier molecular flexibility index (Phi) is 9.20. The first kappa shape index (κ1) is 27.8. The lowest BCUT2D eigenvalue weighted by molar-refractivity contribution is 0.0693. The van der Waals surface area contributed by atoms with Gasteiger partial charge in [0.1, 0.15) is 17.1 Å². The number of aryl methyl sites for hydroxylation is 1. The van der Waals surface area contributed by atoms with Crippen LogP contribution in [0.3, 0.4) is 0 Å². The largest absolute Gasteiger partial charge is 0.496 e. The fourth-order valence-corrected chi connectivity index (χ4v) is 4.64. The molecule has 2 aromatic carbocycles. The minimum atomic E-state index is -1.00. The summed E-state index contributed by atoms with van der Waals surface area (Å²) in [6, 6.07) is 13.6. The summed E-state index contributed by atoms with van der Waals surface area (Å²) in [6.07, 6.45) is 2.84. The Balaban J connectivity index is 1.92. The van der Waals surface area contributed by atoms with Crippen LogP contribution < -0.4 is 10.1 Å². The minimum Gasteiger partial charge on any atom is -0.496 e. The molecule has 194 valence electrons. The zero-order valence-electron chi connectivity index (χ0n) is 22.2. The van der Waals surface area contributed by atoms with E-state index >= 15 is 0 Å². The van der Waals surface area contributed by atoms with E-state index in [1.54, 1.807) is 12.1 Å². The maximum absolute atomic E-state index is 11.4. The molecule has 0 radical (unpaired) electrons. The number of hydrogen-bond acceptors (Lipinski definition) is 4. The van der Waals surface area contributed by atoms with Gasteiger partial charge in [-0.2, -0.15) is 0 Å². The van der Waals surface area contributed by atoms with Crippen LogP contribution in [0.5, 0.6) is 5.75 Å². The zero-order chi connectivity index (χ0) is 26.5. The van der Waals surface area contributed by atoms with Crippen molar-refractivity contribution in [2.24, 2.45) is 5.41 Å². The van der Waals surface area contributed by atoms with Gasteiger partial charge >= 0.3 is 5.97 Å². The van der Waals surface area contributed by atoms with Crippen LogP contribution in [0.15, 0.2) is 42.5 Å². The molecule has 3 rings (SSSR count). The number of nitrogens with one attached hydrogen (secondary N) is 1. The molecular weight excluding hydrogens is 474 g/mol. The van der Waals surface area contributed by atoms with Gasteiger partial charge in [0.2, 0.25) is 0 Å². The van der Waals surface area contributed by atoms with Crippen LogP contribution in [0.4, 0.5) is 0 Å². The number of carboxylic acid groups (broad SMARTS) is 1. The molecule has 0 saturated heterocycles. The summed E-state index contributed by atoms with van der Waals surface area (Å²) in [5.74, 6) is 0.277. The maximum Gasteiger partial charge on any atom is 0.339 e. The summed E-state index contributed by atoms with van der Waals surface area (Å²) in [7, 11) is 1.49. The predicted octanol–water partition coefficient (Wildman–Crippen LogP) is 6.77. The molecule has 0 spiro atoms. The Morgan fingerprint density at radius 2 is 1.94 bits per heavy atom. The van der Waals surface area contributed by atoms with Crippen molar-refractivity contribution >= 4 is 17.6 Å². The van der Waals surface area contributed by atoms with Crippen molar-refractivity contribution in [3.63, 3.8) is 0 Å². The molecule has 3 aromatic rings. The van der Waals surface area contributed by atoms with Crippen LogP contribution in [-0.2, 0) is 19.5 Å². The maximum atomic E-state index is 11.4. The standard InChI is InChI=1S/C29H38ClN3O3/c1-7-8-15-33-23(26(30)32-27(33)21-12-10-9-11-19(21)2)17-25(29(3,4)5)31-18-20-13-14-22(28(34)35)24(16-20)36-6/h9-14,16,25,31H,7-8,15,17-18H2,1-6H3,(H,34,35). The van der Waals surface area contributed by atoms with Crippen LogP contribution in [0.25, 0.3) is 11.4 Å².